The van der Waals surface area contributed by atoms with E-state index in [-0.39, 0.29) is 11.6 Å². The van der Waals surface area contributed by atoms with E-state index < -0.39 is 24.7 Å². The van der Waals surface area contributed by atoms with Crippen LogP contribution in [0.5, 0.6) is 11.5 Å². The Hall–Kier alpha value is -3.49. The predicted octanol–water partition coefficient (Wildman–Crippen LogP) is 4.87. The van der Waals surface area contributed by atoms with E-state index in [1.807, 2.05) is 0 Å². The number of carbonyl (C=O) groups excluding carboxylic acids is 1. The van der Waals surface area contributed by atoms with Crippen molar-refractivity contribution in [1.29, 1.82) is 0 Å². The summed E-state index contributed by atoms with van der Waals surface area (Å²) in [7, 11) is 0. The molecule has 0 amide bonds. The van der Waals surface area contributed by atoms with Crippen LogP contribution in [0.15, 0.2) is 61.1 Å². The molecule has 1 aromatic carbocycles. The second-order valence-corrected chi connectivity index (χ2v) is 6.21. The molecule has 0 fully saturated rings. The number of carbonyl (C=O) groups is 1. The summed E-state index contributed by atoms with van der Waals surface area (Å²) >= 11 is 0. The molecular formula is C21H16F4N2O3. The van der Waals surface area contributed by atoms with Crippen LogP contribution in [-0.2, 0) is 6.42 Å². The first kappa shape index (κ1) is 21.2. The summed E-state index contributed by atoms with van der Waals surface area (Å²) in [5, 5.41) is 0. The van der Waals surface area contributed by atoms with Crippen molar-refractivity contribution in [3.05, 3.63) is 83.4 Å². The van der Waals surface area contributed by atoms with Gasteiger partial charge in [0.05, 0.1) is 0 Å². The number of hydrogen-bond donors (Lipinski definition) is 0. The molecule has 0 spiro atoms. The van der Waals surface area contributed by atoms with Gasteiger partial charge in [-0.05, 0) is 53.4 Å². The Morgan fingerprint density at radius 1 is 0.867 bits per heavy atom. The Kier molecular flexibility index (Phi) is 6.95. The summed E-state index contributed by atoms with van der Waals surface area (Å²) in [5.74, 6) is -1.38. The summed E-state index contributed by atoms with van der Waals surface area (Å²) in [5.41, 5.74) is 2.36. The molecule has 2 heterocycles. The molecule has 1 unspecified atom stereocenters. The highest BCUT2D eigenvalue weighted by Gasteiger charge is 2.21. The maximum atomic E-state index is 12.8. The number of benzene rings is 1. The van der Waals surface area contributed by atoms with Gasteiger partial charge in [-0.25, -0.2) is 0 Å². The van der Waals surface area contributed by atoms with Gasteiger partial charge in [0, 0.05) is 24.5 Å². The van der Waals surface area contributed by atoms with E-state index >= 15 is 0 Å². The van der Waals surface area contributed by atoms with Gasteiger partial charge in [0.1, 0.15) is 5.69 Å². The Balaban J connectivity index is 2.03. The largest absolute Gasteiger partial charge is 0.431 e. The monoisotopic (exact) mass is 420 g/mol. The SMILES string of the molecule is O=Cc1ccc(C(Cc2ccncc2)c2ccc(OC(F)F)c(OC(F)F)c2)cn1. The van der Waals surface area contributed by atoms with Crippen molar-refractivity contribution < 1.29 is 31.8 Å². The van der Waals surface area contributed by atoms with Gasteiger partial charge in [-0.2, -0.15) is 17.6 Å². The number of pyridine rings is 2. The molecule has 0 radical (unpaired) electrons. The van der Waals surface area contributed by atoms with Gasteiger partial charge in [-0.3, -0.25) is 14.8 Å². The first-order chi connectivity index (χ1) is 14.5. The van der Waals surface area contributed by atoms with Crippen LogP contribution in [0.4, 0.5) is 17.6 Å². The number of hydrogen-bond acceptors (Lipinski definition) is 5. The number of aldehydes is 1. The number of ether oxygens (including phenoxy) is 2. The normalized spacial score (nSPS) is 12.1. The van der Waals surface area contributed by atoms with E-state index in [0.29, 0.717) is 23.8 Å². The Morgan fingerprint density at radius 3 is 2.13 bits per heavy atom. The number of rotatable bonds is 9. The zero-order chi connectivity index (χ0) is 21.5. The van der Waals surface area contributed by atoms with Crippen LogP contribution in [0.25, 0.3) is 0 Å². The zero-order valence-electron chi connectivity index (χ0n) is 15.4. The first-order valence-corrected chi connectivity index (χ1v) is 8.80. The van der Waals surface area contributed by atoms with Crippen LogP contribution >= 0.6 is 0 Å². The van der Waals surface area contributed by atoms with Gasteiger partial charge in [0.25, 0.3) is 0 Å². The molecule has 0 saturated carbocycles. The third-order valence-electron chi connectivity index (χ3n) is 4.32. The second kappa shape index (κ2) is 9.82. The minimum absolute atomic E-state index is 0.240. The molecule has 0 bridgehead atoms. The summed E-state index contributed by atoms with van der Waals surface area (Å²) in [6, 6.07) is 10.7. The topological polar surface area (TPSA) is 61.3 Å². The lowest BCUT2D eigenvalue weighted by Crippen LogP contribution is -2.10. The molecule has 5 nitrogen and oxygen atoms in total. The van der Waals surface area contributed by atoms with Crippen molar-refractivity contribution in [1.82, 2.24) is 9.97 Å². The fraction of sp³-hybridized carbons (Fsp3) is 0.190. The van der Waals surface area contributed by atoms with Crippen molar-refractivity contribution in [3.63, 3.8) is 0 Å². The lowest BCUT2D eigenvalue weighted by atomic mass is 9.86. The highest BCUT2D eigenvalue weighted by Crippen LogP contribution is 2.36. The van der Waals surface area contributed by atoms with Crippen molar-refractivity contribution >= 4 is 6.29 Å². The molecule has 2 aromatic heterocycles. The van der Waals surface area contributed by atoms with Crippen LogP contribution < -0.4 is 9.47 Å². The average molecular weight is 420 g/mol. The Bertz CT molecular complexity index is 970. The van der Waals surface area contributed by atoms with E-state index in [1.165, 1.54) is 24.4 Å². The van der Waals surface area contributed by atoms with E-state index in [1.54, 1.807) is 30.6 Å². The minimum atomic E-state index is -3.22. The maximum Gasteiger partial charge on any atom is 0.387 e. The van der Waals surface area contributed by atoms with Gasteiger partial charge >= 0.3 is 13.2 Å². The van der Waals surface area contributed by atoms with Gasteiger partial charge < -0.3 is 9.47 Å². The van der Waals surface area contributed by atoms with Gasteiger partial charge in [0.15, 0.2) is 17.8 Å². The lowest BCUT2D eigenvalue weighted by Gasteiger charge is -2.20. The molecular weight excluding hydrogens is 404 g/mol. The molecule has 0 saturated heterocycles. The summed E-state index contributed by atoms with van der Waals surface area (Å²) in [6.07, 6.45) is 5.78. The molecule has 30 heavy (non-hydrogen) atoms. The summed E-state index contributed by atoms with van der Waals surface area (Å²) in [6.45, 7) is -6.41. The highest BCUT2D eigenvalue weighted by atomic mass is 19.3. The van der Waals surface area contributed by atoms with Gasteiger partial charge in [-0.15, -0.1) is 0 Å². The zero-order valence-corrected chi connectivity index (χ0v) is 15.4. The third-order valence-corrected chi connectivity index (χ3v) is 4.32. The summed E-state index contributed by atoms with van der Waals surface area (Å²) < 4.78 is 59.5. The average Bonchev–Trinajstić information content (AvgIpc) is 2.73. The smallest absolute Gasteiger partial charge is 0.387 e. The molecule has 0 aliphatic rings. The van der Waals surface area contributed by atoms with Crippen LogP contribution in [0.3, 0.4) is 0 Å². The minimum Gasteiger partial charge on any atom is -0.431 e. The highest BCUT2D eigenvalue weighted by molar-refractivity contribution is 5.71. The fourth-order valence-electron chi connectivity index (χ4n) is 3.00. The van der Waals surface area contributed by atoms with Crippen molar-refractivity contribution in [3.8, 4) is 11.5 Å². The molecule has 3 aromatic rings. The number of nitrogens with zero attached hydrogens (tertiary/aromatic N) is 2. The van der Waals surface area contributed by atoms with E-state index in [4.69, 9.17) is 0 Å². The van der Waals surface area contributed by atoms with E-state index in [0.717, 1.165) is 11.6 Å². The molecule has 0 N–H and O–H groups in total. The number of alkyl halides is 4. The molecule has 3 rings (SSSR count). The third kappa shape index (κ3) is 5.53. The van der Waals surface area contributed by atoms with Crippen molar-refractivity contribution in [2.45, 2.75) is 25.6 Å². The molecule has 0 aliphatic heterocycles. The van der Waals surface area contributed by atoms with Crippen molar-refractivity contribution in [2.24, 2.45) is 0 Å². The fourth-order valence-corrected chi connectivity index (χ4v) is 3.00. The van der Waals surface area contributed by atoms with Crippen molar-refractivity contribution in [2.75, 3.05) is 0 Å². The predicted molar refractivity (Wildman–Crippen MR) is 99.1 cm³/mol. The van der Waals surface area contributed by atoms with Crippen LogP contribution in [0.1, 0.15) is 33.1 Å². The Labute approximate surface area is 169 Å². The Morgan fingerprint density at radius 2 is 1.53 bits per heavy atom. The summed E-state index contributed by atoms with van der Waals surface area (Å²) in [4.78, 5) is 18.9. The van der Waals surface area contributed by atoms with Gasteiger partial charge in [-0.1, -0.05) is 12.1 Å². The molecule has 1 atom stereocenters. The lowest BCUT2D eigenvalue weighted by molar-refractivity contribution is -0.0692. The first-order valence-electron chi connectivity index (χ1n) is 8.80. The maximum absolute atomic E-state index is 12.8. The van der Waals surface area contributed by atoms with Gasteiger partial charge in [0.2, 0.25) is 0 Å². The molecule has 156 valence electrons. The van der Waals surface area contributed by atoms with E-state index in [9.17, 15) is 22.4 Å². The van der Waals surface area contributed by atoms with Crippen LogP contribution in [0.2, 0.25) is 0 Å². The van der Waals surface area contributed by atoms with E-state index in [2.05, 4.69) is 19.4 Å². The molecule has 9 heteroatoms. The quantitative estimate of drug-likeness (QED) is 0.365. The second-order valence-electron chi connectivity index (χ2n) is 6.21. The standard InChI is InChI=1S/C21H16F4N2O3/c22-20(23)29-18-4-2-14(10-19(18)30-21(24)25)17(9-13-5-7-26-8-6-13)15-1-3-16(12-28)27-11-15/h1-8,10-12,17,20-21H,9H2. The number of halogens is 4. The van der Waals surface area contributed by atoms with Crippen LogP contribution in [-0.4, -0.2) is 29.5 Å². The molecule has 0 aliphatic carbocycles. The number of aromatic nitrogens is 2. The van der Waals surface area contributed by atoms with Crippen LogP contribution in [0, 0.1) is 0 Å².